The zero-order chi connectivity index (χ0) is 13.8. The van der Waals surface area contributed by atoms with Gasteiger partial charge in [-0.3, -0.25) is 15.0 Å². The lowest BCUT2D eigenvalue weighted by Crippen LogP contribution is -2.46. The number of rotatable bonds is 4. The fraction of sp³-hybridized carbons (Fsp3) is 0.571. The van der Waals surface area contributed by atoms with Crippen LogP contribution in [0.2, 0.25) is 0 Å². The van der Waals surface area contributed by atoms with Crippen molar-refractivity contribution in [1.82, 2.24) is 4.90 Å². The van der Waals surface area contributed by atoms with Crippen LogP contribution in [0, 0.1) is 15.9 Å². The van der Waals surface area contributed by atoms with Gasteiger partial charge in [-0.15, -0.1) is 0 Å². The van der Waals surface area contributed by atoms with E-state index in [0.29, 0.717) is 13.0 Å². The number of nitro groups is 1. The predicted molar refractivity (Wildman–Crippen MR) is 70.9 cm³/mol. The molecule has 1 aromatic carbocycles. The van der Waals surface area contributed by atoms with Crippen LogP contribution in [0.4, 0.5) is 4.39 Å². The molecule has 5 heteroatoms. The molecule has 1 aromatic rings. The predicted octanol–water partition coefficient (Wildman–Crippen LogP) is 2.85. The lowest BCUT2D eigenvalue weighted by atomic mass is 9.89. The molecule has 1 aliphatic rings. The lowest BCUT2D eigenvalue weighted by molar-refractivity contribution is -0.533. The average molecular weight is 266 g/mol. The van der Waals surface area contributed by atoms with E-state index in [1.165, 1.54) is 12.1 Å². The second-order valence-corrected chi connectivity index (χ2v) is 5.25. The summed E-state index contributed by atoms with van der Waals surface area (Å²) >= 11 is 0. The highest BCUT2D eigenvalue weighted by Crippen LogP contribution is 2.25. The number of nitrogens with zero attached hydrogens (tertiary/aromatic N) is 2. The summed E-state index contributed by atoms with van der Waals surface area (Å²) in [5, 5.41) is 11.1. The Balaban J connectivity index is 2.03. The van der Waals surface area contributed by atoms with Crippen molar-refractivity contribution in [3.05, 3.63) is 45.8 Å². The van der Waals surface area contributed by atoms with Crippen LogP contribution in [0.3, 0.4) is 0 Å². The molecule has 0 amide bonds. The molecule has 0 radical (unpaired) electrons. The minimum atomic E-state index is -0.473. The molecule has 0 spiro atoms. The van der Waals surface area contributed by atoms with Gasteiger partial charge in [0.2, 0.25) is 6.04 Å². The molecule has 0 aromatic heterocycles. The number of benzene rings is 1. The number of hydrogen-bond donors (Lipinski definition) is 0. The molecule has 2 atom stereocenters. The lowest BCUT2D eigenvalue weighted by Gasteiger charge is -2.33. The standard InChI is InChI=1S/C14H19FN2O2/c1-16(10-11-6-8-12(15)9-7-11)13-4-2-3-5-14(13)17(18)19/h6-9,13-14H,2-5,10H2,1H3/t13-,14-/m1/s1. The molecule has 4 nitrogen and oxygen atoms in total. The molecule has 0 bridgehead atoms. The van der Waals surface area contributed by atoms with Gasteiger partial charge in [0, 0.05) is 17.9 Å². The quantitative estimate of drug-likeness (QED) is 0.622. The van der Waals surface area contributed by atoms with Gasteiger partial charge in [-0.2, -0.15) is 0 Å². The van der Waals surface area contributed by atoms with Crippen LogP contribution in [0.5, 0.6) is 0 Å². The zero-order valence-electron chi connectivity index (χ0n) is 11.1. The molecule has 1 fully saturated rings. The normalized spacial score (nSPS) is 23.5. The fourth-order valence-electron chi connectivity index (χ4n) is 2.85. The molecular formula is C14H19FN2O2. The molecule has 1 saturated carbocycles. The molecule has 0 N–H and O–H groups in total. The Morgan fingerprint density at radius 1 is 1.32 bits per heavy atom. The van der Waals surface area contributed by atoms with Crippen LogP contribution in [-0.2, 0) is 6.54 Å². The smallest absolute Gasteiger partial charge is 0.228 e. The van der Waals surface area contributed by atoms with Crippen LogP contribution in [0.1, 0.15) is 31.2 Å². The van der Waals surface area contributed by atoms with Crippen molar-refractivity contribution in [2.75, 3.05) is 7.05 Å². The van der Waals surface area contributed by atoms with Crippen LogP contribution >= 0.6 is 0 Å². The first-order chi connectivity index (χ1) is 9.08. The SMILES string of the molecule is CN(Cc1ccc(F)cc1)[C@@H]1CCCC[C@H]1[N+](=O)[O-]. The van der Waals surface area contributed by atoms with E-state index in [4.69, 9.17) is 0 Å². The second kappa shape index (κ2) is 6.10. The summed E-state index contributed by atoms with van der Waals surface area (Å²) in [5.41, 5.74) is 0.983. The van der Waals surface area contributed by atoms with E-state index in [1.807, 2.05) is 11.9 Å². The van der Waals surface area contributed by atoms with E-state index in [9.17, 15) is 14.5 Å². The summed E-state index contributed by atoms with van der Waals surface area (Å²) in [4.78, 5) is 13.0. The number of hydrogen-bond acceptors (Lipinski definition) is 3. The van der Waals surface area contributed by atoms with Crippen LogP contribution in [0.25, 0.3) is 0 Å². The molecule has 0 saturated heterocycles. The van der Waals surface area contributed by atoms with Crippen molar-refractivity contribution in [2.24, 2.45) is 0 Å². The van der Waals surface area contributed by atoms with Crippen LogP contribution < -0.4 is 0 Å². The van der Waals surface area contributed by atoms with Crippen molar-refractivity contribution < 1.29 is 9.31 Å². The summed E-state index contributed by atoms with van der Waals surface area (Å²) in [6.07, 6.45) is 3.50. The molecule has 19 heavy (non-hydrogen) atoms. The Labute approximate surface area is 112 Å². The molecule has 104 valence electrons. The third kappa shape index (κ3) is 3.50. The molecule has 0 aliphatic heterocycles. The highest BCUT2D eigenvalue weighted by atomic mass is 19.1. The first-order valence-electron chi connectivity index (χ1n) is 6.66. The van der Waals surface area contributed by atoms with Gasteiger partial charge >= 0.3 is 0 Å². The molecular weight excluding hydrogens is 247 g/mol. The minimum Gasteiger partial charge on any atom is -0.293 e. The van der Waals surface area contributed by atoms with E-state index in [1.54, 1.807) is 12.1 Å². The zero-order valence-corrected chi connectivity index (χ0v) is 11.1. The van der Waals surface area contributed by atoms with E-state index in [0.717, 1.165) is 24.8 Å². The largest absolute Gasteiger partial charge is 0.293 e. The Morgan fingerprint density at radius 3 is 2.58 bits per heavy atom. The maximum absolute atomic E-state index is 12.8. The Morgan fingerprint density at radius 2 is 1.95 bits per heavy atom. The van der Waals surface area contributed by atoms with Crippen molar-refractivity contribution in [3.63, 3.8) is 0 Å². The van der Waals surface area contributed by atoms with Gasteiger partial charge in [-0.25, -0.2) is 4.39 Å². The summed E-state index contributed by atoms with van der Waals surface area (Å²) in [6, 6.07) is 5.82. The number of likely N-dealkylation sites (N-methyl/N-ethyl adjacent to an activating group) is 1. The summed E-state index contributed by atoms with van der Waals surface area (Å²) in [7, 11) is 1.91. The third-order valence-corrected chi connectivity index (χ3v) is 3.88. The Kier molecular flexibility index (Phi) is 4.47. The minimum absolute atomic E-state index is 0.0196. The van der Waals surface area contributed by atoms with Crippen LogP contribution in [-0.4, -0.2) is 29.0 Å². The van der Waals surface area contributed by atoms with E-state index >= 15 is 0 Å². The Hall–Kier alpha value is -1.49. The molecule has 0 unspecified atom stereocenters. The van der Waals surface area contributed by atoms with Crippen molar-refractivity contribution >= 4 is 0 Å². The fourth-order valence-corrected chi connectivity index (χ4v) is 2.85. The number of halogens is 1. The Bertz CT molecular complexity index is 436. The third-order valence-electron chi connectivity index (χ3n) is 3.88. The van der Waals surface area contributed by atoms with E-state index in [2.05, 4.69) is 0 Å². The summed E-state index contributed by atoms with van der Waals surface area (Å²) < 4.78 is 12.8. The summed E-state index contributed by atoms with van der Waals surface area (Å²) in [6.45, 7) is 0.620. The van der Waals surface area contributed by atoms with Gasteiger partial charge in [-0.05, 0) is 37.6 Å². The van der Waals surface area contributed by atoms with Crippen molar-refractivity contribution in [1.29, 1.82) is 0 Å². The van der Waals surface area contributed by atoms with Gasteiger partial charge in [0.25, 0.3) is 0 Å². The molecule has 1 aliphatic carbocycles. The first-order valence-corrected chi connectivity index (χ1v) is 6.66. The van der Waals surface area contributed by atoms with E-state index < -0.39 is 6.04 Å². The topological polar surface area (TPSA) is 46.4 Å². The van der Waals surface area contributed by atoms with Gasteiger partial charge in [0.05, 0.1) is 6.04 Å². The highest BCUT2D eigenvalue weighted by Gasteiger charge is 2.36. The average Bonchev–Trinajstić information content (AvgIpc) is 2.41. The van der Waals surface area contributed by atoms with Gasteiger partial charge < -0.3 is 0 Å². The van der Waals surface area contributed by atoms with Gasteiger partial charge in [-0.1, -0.05) is 18.6 Å². The molecule has 2 rings (SSSR count). The maximum atomic E-state index is 12.8. The maximum Gasteiger partial charge on any atom is 0.228 e. The molecule has 0 heterocycles. The first kappa shape index (κ1) is 13.9. The van der Waals surface area contributed by atoms with Crippen molar-refractivity contribution in [3.8, 4) is 0 Å². The monoisotopic (exact) mass is 266 g/mol. The van der Waals surface area contributed by atoms with Gasteiger partial charge in [0.1, 0.15) is 5.82 Å². The van der Waals surface area contributed by atoms with Crippen LogP contribution in [0.15, 0.2) is 24.3 Å². The second-order valence-electron chi connectivity index (χ2n) is 5.25. The summed E-state index contributed by atoms with van der Waals surface area (Å²) in [5.74, 6) is -0.257. The van der Waals surface area contributed by atoms with E-state index in [-0.39, 0.29) is 16.8 Å². The van der Waals surface area contributed by atoms with Gasteiger partial charge in [0.15, 0.2) is 0 Å². The van der Waals surface area contributed by atoms with Crippen molar-refractivity contribution in [2.45, 2.75) is 44.3 Å². The highest BCUT2D eigenvalue weighted by molar-refractivity contribution is 5.16.